The normalized spacial score (nSPS) is 29.5. The van der Waals surface area contributed by atoms with E-state index in [1.54, 1.807) is 13.8 Å². The van der Waals surface area contributed by atoms with E-state index in [4.69, 9.17) is 9.47 Å². The van der Waals surface area contributed by atoms with Crippen molar-refractivity contribution >= 4 is 11.6 Å². The van der Waals surface area contributed by atoms with Gasteiger partial charge < -0.3 is 9.47 Å². The fourth-order valence-electron chi connectivity index (χ4n) is 4.33. The van der Waals surface area contributed by atoms with Crippen molar-refractivity contribution in [3.8, 4) is 0 Å². The Balaban J connectivity index is 1.38. The molecule has 0 radical (unpaired) electrons. The first-order valence-electron chi connectivity index (χ1n) is 10.8. The van der Waals surface area contributed by atoms with E-state index in [-0.39, 0.29) is 11.8 Å². The lowest BCUT2D eigenvalue weighted by atomic mass is 9.85. The molecule has 0 heterocycles. The molecule has 26 heavy (non-hydrogen) atoms. The molecule has 150 valence electrons. The minimum atomic E-state index is 0.285. The molecule has 2 fully saturated rings. The summed E-state index contributed by atoms with van der Waals surface area (Å²) >= 11 is 0. The third-order valence-corrected chi connectivity index (χ3v) is 6.24. The average Bonchev–Trinajstić information content (AvgIpc) is 2.64. The van der Waals surface area contributed by atoms with Gasteiger partial charge in [0.2, 0.25) is 0 Å². The second kappa shape index (κ2) is 11.9. The summed E-state index contributed by atoms with van der Waals surface area (Å²) in [5.41, 5.74) is 0. The second-order valence-corrected chi connectivity index (χ2v) is 8.32. The van der Waals surface area contributed by atoms with Crippen LogP contribution in [0, 0.1) is 11.8 Å². The highest BCUT2D eigenvalue weighted by atomic mass is 16.5. The quantitative estimate of drug-likeness (QED) is 0.489. The van der Waals surface area contributed by atoms with Gasteiger partial charge in [-0.3, -0.25) is 9.59 Å². The van der Waals surface area contributed by atoms with Gasteiger partial charge in [0.25, 0.3) is 0 Å². The van der Waals surface area contributed by atoms with Crippen LogP contribution in [0.1, 0.15) is 90.9 Å². The number of ether oxygens (including phenoxy) is 2. The van der Waals surface area contributed by atoms with Gasteiger partial charge in [-0.2, -0.15) is 0 Å². The first kappa shape index (κ1) is 21.6. The van der Waals surface area contributed by atoms with Crippen LogP contribution in [0.2, 0.25) is 0 Å². The molecule has 0 spiro atoms. The van der Waals surface area contributed by atoms with E-state index in [0.29, 0.717) is 23.8 Å². The lowest BCUT2D eigenvalue weighted by Gasteiger charge is -2.27. The molecule has 0 bridgehead atoms. The molecule has 0 aliphatic heterocycles. The Morgan fingerprint density at radius 3 is 1.27 bits per heavy atom. The Bertz CT molecular complexity index is 378. The number of hydrogen-bond acceptors (Lipinski definition) is 4. The zero-order valence-corrected chi connectivity index (χ0v) is 16.8. The number of carbonyl (C=O) groups excluding carboxylic acids is 2. The molecule has 0 aromatic heterocycles. The van der Waals surface area contributed by atoms with Gasteiger partial charge in [-0.05, 0) is 78.1 Å². The van der Waals surface area contributed by atoms with E-state index >= 15 is 0 Å². The van der Waals surface area contributed by atoms with Gasteiger partial charge in [-0.25, -0.2) is 0 Å². The van der Waals surface area contributed by atoms with Crippen LogP contribution < -0.4 is 0 Å². The molecule has 0 unspecified atom stereocenters. The van der Waals surface area contributed by atoms with Crippen LogP contribution in [0.15, 0.2) is 0 Å². The molecule has 0 N–H and O–H groups in total. The molecule has 2 saturated carbocycles. The van der Waals surface area contributed by atoms with Gasteiger partial charge in [0.15, 0.2) is 0 Å². The Kier molecular flexibility index (Phi) is 9.84. The molecule has 4 nitrogen and oxygen atoms in total. The highest BCUT2D eigenvalue weighted by molar-refractivity contribution is 5.78. The Morgan fingerprint density at radius 1 is 0.615 bits per heavy atom. The minimum Gasteiger partial charge on any atom is -0.378 e. The van der Waals surface area contributed by atoms with E-state index in [0.717, 1.165) is 77.4 Å². The standard InChI is InChI=1S/C22H38O4/c1-17(23)19-7-11-21(12-8-19)25-15-5-3-4-6-16-26-22-13-9-20(10-14-22)18(2)24/h19-22H,3-16H2,1-2H3. The zero-order valence-electron chi connectivity index (χ0n) is 16.8. The molecule has 0 aromatic rings. The molecule has 2 aliphatic carbocycles. The van der Waals surface area contributed by atoms with Crippen molar-refractivity contribution in [3.63, 3.8) is 0 Å². The van der Waals surface area contributed by atoms with Crippen LogP contribution in [0.3, 0.4) is 0 Å². The van der Waals surface area contributed by atoms with Crippen molar-refractivity contribution in [3.05, 3.63) is 0 Å². The number of rotatable bonds is 11. The van der Waals surface area contributed by atoms with Gasteiger partial charge in [-0.15, -0.1) is 0 Å². The monoisotopic (exact) mass is 366 g/mol. The minimum absolute atomic E-state index is 0.285. The Hall–Kier alpha value is -0.740. The number of carbonyl (C=O) groups is 2. The van der Waals surface area contributed by atoms with Crippen LogP contribution in [0.4, 0.5) is 0 Å². The third kappa shape index (κ3) is 7.87. The maximum atomic E-state index is 11.4. The van der Waals surface area contributed by atoms with Crippen LogP contribution in [0.5, 0.6) is 0 Å². The molecule has 0 aromatic carbocycles. The number of ketones is 2. The van der Waals surface area contributed by atoms with Gasteiger partial charge in [-0.1, -0.05) is 12.8 Å². The summed E-state index contributed by atoms with van der Waals surface area (Å²) in [6, 6.07) is 0. The molecule has 2 rings (SSSR count). The summed E-state index contributed by atoms with van der Waals surface area (Å²) in [4.78, 5) is 22.7. The van der Waals surface area contributed by atoms with E-state index in [2.05, 4.69) is 0 Å². The summed E-state index contributed by atoms with van der Waals surface area (Å²) in [5, 5.41) is 0. The Labute approximate surface area is 159 Å². The lowest BCUT2D eigenvalue weighted by Crippen LogP contribution is -2.25. The van der Waals surface area contributed by atoms with Crippen LogP contribution in [0.25, 0.3) is 0 Å². The van der Waals surface area contributed by atoms with Crippen molar-refractivity contribution in [2.45, 2.75) is 103 Å². The maximum Gasteiger partial charge on any atom is 0.132 e. The molecule has 0 atom stereocenters. The topological polar surface area (TPSA) is 52.6 Å². The number of Topliss-reactive ketones (excluding diaryl/α,β-unsaturated/α-hetero) is 2. The summed E-state index contributed by atoms with van der Waals surface area (Å²) in [6.45, 7) is 5.13. The van der Waals surface area contributed by atoms with Crippen LogP contribution in [-0.2, 0) is 19.1 Å². The molecule has 2 aliphatic rings. The molecular weight excluding hydrogens is 328 g/mol. The summed E-state index contributed by atoms with van der Waals surface area (Å²) in [5.74, 6) is 1.26. The average molecular weight is 367 g/mol. The van der Waals surface area contributed by atoms with Crippen molar-refractivity contribution in [1.29, 1.82) is 0 Å². The maximum absolute atomic E-state index is 11.4. The van der Waals surface area contributed by atoms with E-state index in [1.807, 2.05) is 0 Å². The molecule has 4 heteroatoms. The van der Waals surface area contributed by atoms with E-state index in [1.165, 1.54) is 12.8 Å². The highest BCUT2D eigenvalue weighted by Crippen LogP contribution is 2.28. The number of unbranched alkanes of at least 4 members (excludes halogenated alkanes) is 3. The fraction of sp³-hybridized carbons (Fsp3) is 0.909. The van der Waals surface area contributed by atoms with E-state index < -0.39 is 0 Å². The van der Waals surface area contributed by atoms with Gasteiger partial charge >= 0.3 is 0 Å². The van der Waals surface area contributed by atoms with Crippen LogP contribution >= 0.6 is 0 Å². The smallest absolute Gasteiger partial charge is 0.132 e. The second-order valence-electron chi connectivity index (χ2n) is 8.32. The van der Waals surface area contributed by atoms with Gasteiger partial charge in [0, 0.05) is 25.0 Å². The summed E-state index contributed by atoms with van der Waals surface area (Å²) < 4.78 is 11.9. The predicted molar refractivity (Wildman–Crippen MR) is 103 cm³/mol. The number of hydrogen-bond donors (Lipinski definition) is 0. The van der Waals surface area contributed by atoms with Crippen LogP contribution in [-0.4, -0.2) is 37.0 Å². The fourth-order valence-corrected chi connectivity index (χ4v) is 4.33. The van der Waals surface area contributed by atoms with Crippen molar-refractivity contribution in [2.75, 3.05) is 13.2 Å². The zero-order chi connectivity index (χ0) is 18.8. The molecular formula is C22H38O4. The largest absolute Gasteiger partial charge is 0.378 e. The molecule has 0 amide bonds. The van der Waals surface area contributed by atoms with Crippen molar-refractivity contribution < 1.29 is 19.1 Å². The predicted octanol–water partition coefficient (Wildman–Crippen LogP) is 4.88. The summed E-state index contributed by atoms with van der Waals surface area (Å²) in [6.07, 6.45) is 13.6. The van der Waals surface area contributed by atoms with Gasteiger partial charge in [0.05, 0.1) is 12.2 Å². The SMILES string of the molecule is CC(=O)C1CCC(OCCCCCCOC2CCC(C(C)=O)CC2)CC1. The highest BCUT2D eigenvalue weighted by Gasteiger charge is 2.25. The van der Waals surface area contributed by atoms with Gasteiger partial charge in [0.1, 0.15) is 11.6 Å². The van der Waals surface area contributed by atoms with E-state index in [9.17, 15) is 9.59 Å². The first-order chi connectivity index (χ1) is 12.6. The van der Waals surface area contributed by atoms with Crippen molar-refractivity contribution in [2.24, 2.45) is 11.8 Å². The van der Waals surface area contributed by atoms with Crippen molar-refractivity contribution in [1.82, 2.24) is 0 Å². The third-order valence-electron chi connectivity index (χ3n) is 6.24. The summed E-state index contributed by atoms with van der Waals surface area (Å²) in [7, 11) is 0. The lowest BCUT2D eigenvalue weighted by molar-refractivity contribution is -0.123. The first-order valence-corrected chi connectivity index (χ1v) is 10.8. The Morgan fingerprint density at radius 2 is 0.962 bits per heavy atom. The molecule has 0 saturated heterocycles.